The number of carbonyl (C=O) groups excluding carboxylic acids is 2. The molecule has 2 heterocycles. The third kappa shape index (κ3) is 7.05. The molecular formula is C26H40N4O3. The van der Waals surface area contributed by atoms with Crippen molar-refractivity contribution in [2.45, 2.75) is 77.3 Å². The van der Waals surface area contributed by atoms with Crippen LogP contribution in [0.2, 0.25) is 0 Å². The highest BCUT2D eigenvalue weighted by molar-refractivity contribution is 5.96. The van der Waals surface area contributed by atoms with E-state index in [1.54, 1.807) is 4.90 Å². The van der Waals surface area contributed by atoms with Crippen LogP contribution in [0.4, 0.5) is 0 Å². The van der Waals surface area contributed by atoms with Crippen molar-refractivity contribution >= 4 is 11.8 Å². The lowest BCUT2D eigenvalue weighted by molar-refractivity contribution is -0.138. The Hall–Kier alpha value is -2.38. The van der Waals surface area contributed by atoms with Crippen LogP contribution in [0.3, 0.4) is 0 Å². The maximum atomic E-state index is 13.3. The van der Waals surface area contributed by atoms with Gasteiger partial charge in [0.15, 0.2) is 0 Å². The van der Waals surface area contributed by atoms with E-state index in [4.69, 9.17) is 5.11 Å². The number of hydrogen-bond acceptors (Lipinski definition) is 5. The van der Waals surface area contributed by atoms with E-state index in [1.165, 1.54) is 5.56 Å². The van der Waals surface area contributed by atoms with Crippen molar-refractivity contribution in [3.05, 3.63) is 47.2 Å². The predicted molar refractivity (Wildman–Crippen MR) is 130 cm³/mol. The number of nitrogens with zero attached hydrogens (tertiary/aromatic N) is 2. The number of rotatable bonds is 13. The number of aryl methyl sites for hydroxylation is 1. The SMILES string of the molecule is CCCCCC1CN(CC(=O)NCCCCCCO)C(=O)C2=CC(c3ccc(C)cc3)NN21. The van der Waals surface area contributed by atoms with Crippen LogP contribution >= 0.6 is 0 Å². The third-order valence-electron chi connectivity index (χ3n) is 6.48. The van der Waals surface area contributed by atoms with Gasteiger partial charge in [0, 0.05) is 19.7 Å². The first-order valence-electron chi connectivity index (χ1n) is 12.5. The molecule has 3 N–H and O–H groups in total. The van der Waals surface area contributed by atoms with Gasteiger partial charge in [-0.05, 0) is 37.8 Å². The summed E-state index contributed by atoms with van der Waals surface area (Å²) in [4.78, 5) is 27.5. The minimum Gasteiger partial charge on any atom is -0.396 e. The molecule has 2 aliphatic rings. The lowest BCUT2D eigenvalue weighted by Crippen LogP contribution is -2.58. The standard InChI is InChI=1S/C26H40N4O3/c1-3-4-7-10-22-18-29(19-25(32)27-15-8-5-6-9-16-31)26(33)24-17-23(28-30(22)24)21-13-11-20(2)12-14-21/h11-14,17,22-23,28,31H,3-10,15-16,18-19H2,1-2H3,(H,27,32). The molecule has 2 amide bonds. The minimum atomic E-state index is -0.104. The maximum absolute atomic E-state index is 13.3. The summed E-state index contributed by atoms with van der Waals surface area (Å²) in [7, 11) is 0. The topological polar surface area (TPSA) is 84.9 Å². The summed E-state index contributed by atoms with van der Waals surface area (Å²) < 4.78 is 0. The Morgan fingerprint density at radius 1 is 1.12 bits per heavy atom. The van der Waals surface area contributed by atoms with Crippen LogP contribution in [0, 0.1) is 6.92 Å². The molecule has 182 valence electrons. The minimum absolute atomic E-state index is 0.0362. The molecule has 3 rings (SSSR count). The van der Waals surface area contributed by atoms with E-state index >= 15 is 0 Å². The number of amides is 2. The Balaban J connectivity index is 1.63. The fraction of sp³-hybridized carbons (Fsp3) is 0.615. The van der Waals surface area contributed by atoms with Crippen LogP contribution in [0.1, 0.15) is 75.5 Å². The van der Waals surface area contributed by atoms with E-state index in [0.29, 0.717) is 18.8 Å². The second-order valence-corrected chi connectivity index (χ2v) is 9.26. The zero-order valence-electron chi connectivity index (χ0n) is 20.2. The van der Waals surface area contributed by atoms with E-state index in [9.17, 15) is 9.59 Å². The smallest absolute Gasteiger partial charge is 0.271 e. The van der Waals surface area contributed by atoms with Gasteiger partial charge < -0.3 is 15.3 Å². The third-order valence-corrected chi connectivity index (χ3v) is 6.48. The summed E-state index contributed by atoms with van der Waals surface area (Å²) in [6, 6.07) is 8.50. The van der Waals surface area contributed by atoms with Crippen molar-refractivity contribution < 1.29 is 14.7 Å². The lowest BCUT2D eigenvalue weighted by Gasteiger charge is -2.41. The number of nitrogens with one attached hydrogen (secondary N) is 2. The molecule has 0 bridgehead atoms. The number of fused-ring (bicyclic) bond motifs is 1. The molecule has 2 atom stereocenters. The fourth-order valence-corrected chi connectivity index (χ4v) is 4.53. The normalized spacial score (nSPS) is 20.1. The molecule has 1 saturated heterocycles. The molecule has 0 aromatic heterocycles. The van der Waals surface area contributed by atoms with Crippen molar-refractivity contribution in [2.24, 2.45) is 0 Å². The molecule has 7 heteroatoms. The number of carbonyl (C=O) groups is 2. The first-order valence-corrected chi connectivity index (χ1v) is 12.5. The molecule has 7 nitrogen and oxygen atoms in total. The van der Waals surface area contributed by atoms with E-state index in [0.717, 1.165) is 56.9 Å². The van der Waals surface area contributed by atoms with Gasteiger partial charge in [-0.15, -0.1) is 0 Å². The molecule has 0 radical (unpaired) electrons. The number of hydrogen-bond donors (Lipinski definition) is 3. The average Bonchev–Trinajstić information content (AvgIpc) is 3.26. The first kappa shape index (κ1) is 25.2. The molecule has 2 unspecified atom stereocenters. The summed E-state index contributed by atoms with van der Waals surface area (Å²) in [6.07, 6.45) is 10.0. The van der Waals surface area contributed by atoms with Crippen molar-refractivity contribution in [3.63, 3.8) is 0 Å². The van der Waals surface area contributed by atoms with E-state index in [-0.39, 0.29) is 37.0 Å². The van der Waals surface area contributed by atoms with Crippen LogP contribution in [0.5, 0.6) is 0 Å². The number of benzene rings is 1. The van der Waals surface area contributed by atoms with Gasteiger partial charge in [-0.3, -0.25) is 14.6 Å². The van der Waals surface area contributed by atoms with Crippen molar-refractivity contribution in [2.75, 3.05) is 26.2 Å². The quantitative estimate of drug-likeness (QED) is 0.397. The number of unbranched alkanes of at least 4 members (excludes halogenated alkanes) is 5. The van der Waals surface area contributed by atoms with Gasteiger partial charge in [-0.1, -0.05) is 68.9 Å². The highest BCUT2D eigenvalue weighted by Gasteiger charge is 2.41. The molecule has 0 aliphatic carbocycles. The average molecular weight is 457 g/mol. The Morgan fingerprint density at radius 3 is 2.61 bits per heavy atom. The molecule has 0 saturated carbocycles. The van der Waals surface area contributed by atoms with Gasteiger partial charge in [0.1, 0.15) is 5.70 Å². The Kier molecular flexibility index (Phi) is 9.76. The van der Waals surface area contributed by atoms with E-state index in [2.05, 4.69) is 53.9 Å². The maximum Gasteiger partial charge on any atom is 0.271 e. The van der Waals surface area contributed by atoms with Gasteiger partial charge in [-0.25, -0.2) is 5.43 Å². The second kappa shape index (κ2) is 12.8. The molecule has 1 fully saturated rings. The van der Waals surface area contributed by atoms with Crippen LogP contribution in [-0.4, -0.2) is 59.1 Å². The highest BCUT2D eigenvalue weighted by atomic mass is 16.3. The van der Waals surface area contributed by atoms with Crippen LogP contribution in [0.25, 0.3) is 0 Å². The molecule has 1 aromatic rings. The van der Waals surface area contributed by atoms with Gasteiger partial charge in [-0.2, -0.15) is 0 Å². The predicted octanol–water partition coefficient (Wildman–Crippen LogP) is 3.20. The molecule has 33 heavy (non-hydrogen) atoms. The summed E-state index contributed by atoms with van der Waals surface area (Å²) in [5.74, 6) is -0.185. The lowest BCUT2D eigenvalue weighted by atomic mass is 10.0. The van der Waals surface area contributed by atoms with Crippen LogP contribution in [0.15, 0.2) is 36.0 Å². The molecule has 2 aliphatic heterocycles. The van der Waals surface area contributed by atoms with Crippen LogP contribution < -0.4 is 10.7 Å². The Labute approximate surface area is 198 Å². The number of hydrazine groups is 1. The van der Waals surface area contributed by atoms with Crippen molar-refractivity contribution in [1.29, 1.82) is 0 Å². The Morgan fingerprint density at radius 2 is 1.88 bits per heavy atom. The number of aliphatic hydroxyl groups excluding tert-OH is 1. The molecule has 0 spiro atoms. The second-order valence-electron chi connectivity index (χ2n) is 9.26. The number of aliphatic hydroxyl groups is 1. The monoisotopic (exact) mass is 456 g/mol. The Bertz CT molecular complexity index is 808. The number of piperazine rings is 1. The van der Waals surface area contributed by atoms with Crippen molar-refractivity contribution in [1.82, 2.24) is 20.7 Å². The van der Waals surface area contributed by atoms with Crippen molar-refractivity contribution in [3.8, 4) is 0 Å². The van der Waals surface area contributed by atoms with Gasteiger partial charge >= 0.3 is 0 Å². The van der Waals surface area contributed by atoms with Crippen LogP contribution in [-0.2, 0) is 9.59 Å². The summed E-state index contributed by atoms with van der Waals surface area (Å²) in [6.45, 7) is 5.74. The first-order chi connectivity index (χ1) is 16.0. The van der Waals surface area contributed by atoms with Gasteiger partial charge in [0.05, 0.1) is 18.6 Å². The van der Waals surface area contributed by atoms with E-state index < -0.39 is 0 Å². The summed E-state index contributed by atoms with van der Waals surface area (Å²) in [5, 5.41) is 13.8. The fourth-order valence-electron chi connectivity index (χ4n) is 4.53. The zero-order valence-corrected chi connectivity index (χ0v) is 20.2. The zero-order chi connectivity index (χ0) is 23.6. The summed E-state index contributed by atoms with van der Waals surface area (Å²) in [5.41, 5.74) is 6.54. The van der Waals surface area contributed by atoms with E-state index in [1.807, 2.05) is 6.08 Å². The largest absolute Gasteiger partial charge is 0.396 e. The van der Waals surface area contributed by atoms with Gasteiger partial charge in [0.25, 0.3) is 5.91 Å². The molecular weight excluding hydrogens is 416 g/mol. The summed E-state index contributed by atoms with van der Waals surface area (Å²) >= 11 is 0. The highest BCUT2D eigenvalue weighted by Crippen LogP contribution is 2.32. The molecule has 1 aromatic carbocycles. The van der Waals surface area contributed by atoms with Gasteiger partial charge in [0.2, 0.25) is 5.91 Å².